The van der Waals surface area contributed by atoms with Gasteiger partial charge in [0.15, 0.2) is 5.11 Å². The van der Waals surface area contributed by atoms with Crippen LogP contribution in [0.1, 0.15) is 11.1 Å². The molecule has 0 aliphatic rings. The first kappa shape index (κ1) is 20.6. The number of nitrogens with zero attached hydrogens (tertiary/aromatic N) is 1. The molecule has 0 bridgehead atoms. The number of nitrogens with one attached hydrogen (secondary N) is 2. The third-order valence-electron chi connectivity index (χ3n) is 3.97. The van der Waals surface area contributed by atoms with Crippen LogP contribution in [0, 0.1) is 6.92 Å². The van der Waals surface area contributed by atoms with Gasteiger partial charge in [-0.05, 0) is 97.0 Å². The van der Waals surface area contributed by atoms with Crippen LogP contribution >= 0.6 is 23.8 Å². The van der Waals surface area contributed by atoms with Gasteiger partial charge in [-0.3, -0.25) is 5.43 Å². The number of halogens is 1. The van der Waals surface area contributed by atoms with Gasteiger partial charge in [0.1, 0.15) is 17.2 Å². The number of hydrogen-bond acceptors (Lipinski definition) is 4. The topological polar surface area (TPSA) is 54.9 Å². The number of anilines is 1. The molecule has 5 nitrogen and oxygen atoms in total. The van der Waals surface area contributed by atoms with Crippen LogP contribution in [0.2, 0.25) is 5.02 Å². The minimum Gasteiger partial charge on any atom is -0.497 e. The lowest BCUT2D eigenvalue weighted by Gasteiger charge is -2.08. The molecule has 0 fully saturated rings. The average Bonchev–Trinajstić information content (AvgIpc) is 2.72. The molecule has 2 N–H and O–H groups in total. The second kappa shape index (κ2) is 9.91. The molecule has 0 heterocycles. The van der Waals surface area contributed by atoms with Crippen LogP contribution in [-0.2, 0) is 0 Å². The largest absolute Gasteiger partial charge is 0.497 e. The summed E-state index contributed by atoms with van der Waals surface area (Å²) in [5.41, 5.74) is 5.51. The highest BCUT2D eigenvalue weighted by atomic mass is 35.5. The predicted octanol–water partition coefficient (Wildman–Crippen LogP) is 5.77. The van der Waals surface area contributed by atoms with Crippen molar-refractivity contribution in [1.29, 1.82) is 0 Å². The van der Waals surface area contributed by atoms with E-state index in [1.165, 1.54) is 0 Å². The fourth-order valence-corrected chi connectivity index (χ4v) is 2.73. The van der Waals surface area contributed by atoms with Crippen molar-refractivity contribution in [1.82, 2.24) is 5.43 Å². The fraction of sp³-hybridized carbons (Fsp3) is 0.0909. The summed E-state index contributed by atoms with van der Waals surface area (Å²) >= 11 is 11.3. The van der Waals surface area contributed by atoms with Crippen LogP contribution in [0.25, 0.3) is 0 Å². The molecular weight excluding hydrogens is 406 g/mol. The molecule has 0 saturated heterocycles. The molecule has 0 aromatic heterocycles. The Labute approximate surface area is 180 Å². The third-order valence-corrected chi connectivity index (χ3v) is 4.59. The number of ether oxygens (including phenoxy) is 2. The molecule has 0 aliphatic carbocycles. The molecule has 3 aromatic rings. The first-order valence-corrected chi connectivity index (χ1v) is 9.60. The van der Waals surface area contributed by atoms with Crippen molar-refractivity contribution >= 4 is 40.8 Å². The van der Waals surface area contributed by atoms with Gasteiger partial charge in [-0.2, -0.15) is 5.10 Å². The highest BCUT2D eigenvalue weighted by molar-refractivity contribution is 7.80. The number of hydrazone groups is 1. The summed E-state index contributed by atoms with van der Waals surface area (Å²) in [4.78, 5) is 0. The maximum absolute atomic E-state index is 6.04. The van der Waals surface area contributed by atoms with E-state index in [0.717, 1.165) is 39.1 Å². The third kappa shape index (κ3) is 6.20. The van der Waals surface area contributed by atoms with Crippen molar-refractivity contribution in [3.63, 3.8) is 0 Å². The van der Waals surface area contributed by atoms with E-state index >= 15 is 0 Å². The van der Waals surface area contributed by atoms with Crippen LogP contribution in [-0.4, -0.2) is 18.4 Å². The van der Waals surface area contributed by atoms with Crippen molar-refractivity contribution in [3.05, 3.63) is 82.9 Å². The number of hydrogen-bond donors (Lipinski definition) is 2. The van der Waals surface area contributed by atoms with E-state index in [2.05, 4.69) is 15.8 Å². The second-order valence-electron chi connectivity index (χ2n) is 6.13. The monoisotopic (exact) mass is 425 g/mol. The SMILES string of the molecule is COc1ccc(NC(=S)N/N=C/c2ccc(Oc3ccc(Cl)c(C)c3)cc2)cc1. The van der Waals surface area contributed by atoms with E-state index < -0.39 is 0 Å². The van der Waals surface area contributed by atoms with E-state index in [-0.39, 0.29) is 0 Å². The zero-order chi connectivity index (χ0) is 20.6. The zero-order valence-corrected chi connectivity index (χ0v) is 17.6. The van der Waals surface area contributed by atoms with Crippen molar-refractivity contribution in [2.24, 2.45) is 5.10 Å². The summed E-state index contributed by atoms with van der Waals surface area (Å²) in [5.74, 6) is 2.25. The standard InChI is InChI=1S/C22H20ClN3O2S/c1-15-13-20(11-12-21(15)23)28-19-7-3-16(4-8-19)14-24-26-22(29)25-17-5-9-18(27-2)10-6-17/h3-14H,1-2H3,(H2,25,26,29)/b24-14+. The molecule has 148 valence electrons. The molecule has 0 saturated carbocycles. The number of rotatable bonds is 6. The van der Waals surface area contributed by atoms with Crippen LogP contribution in [0.5, 0.6) is 17.2 Å². The zero-order valence-electron chi connectivity index (χ0n) is 16.0. The summed E-state index contributed by atoms with van der Waals surface area (Å²) in [6, 6.07) is 20.6. The Morgan fingerprint density at radius 1 is 0.966 bits per heavy atom. The lowest BCUT2D eigenvalue weighted by molar-refractivity contribution is 0.415. The van der Waals surface area contributed by atoms with Crippen LogP contribution in [0.3, 0.4) is 0 Å². The quantitative estimate of drug-likeness (QED) is 0.298. The maximum Gasteiger partial charge on any atom is 0.191 e. The van der Waals surface area contributed by atoms with E-state index in [4.69, 9.17) is 33.3 Å². The molecule has 0 atom stereocenters. The Balaban J connectivity index is 1.51. The molecule has 3 rings (SSSR count). The van der Waals surface area contributed by atoms with E-state index in [1.54, 1.807) is 13.3 Å². The lowest BCUT2D eigenvalue weighted by Crippen LogP contribution is -2.23. The Kier molecular flexibility index (Phi) is 7.05. The first-order valence-electron chi connectivity index (χ1n) is 8.81. The van der Waals surface area contributed by atoms with Gasteiger partial charge in [-0.1, -0.05) is 11.6 Å². The van der Waals surface area contributed by atoms with Crippen molar-refractivity contribution < 1.29 is 9.47 Å². The number of methoxy groups -OCH3 is 1. The summed E-state index contributed by atoms with van der Waals surface area (Å²) < 4.78 is 11.0. The van der Waals surface area contributed by atoms with Crippen molar-refractivity contribution in [2.75, 3.05) is 12.4 Å². The first-order chi connectivity index (χ1) is 14.0. The second-order valence-corrected chi connectivity index (χ2v) is 6.95. The summed E-state index contributed by atoms with van der Waals surface area (Å²) in [6.07, 6.45) is 1.68. The Morgan fingerprint density at radius 3 is 2.28 bits per heavy atom. The Bertz CT molecular complexity index is 1010. The molecule has 0 unspecified atom stereocenters. The van der Waals surface area contributed by atoms with Crippen molar-refractivity contribution in [3.8, 4) is 17.2 Å². The molecule has 0 amide bonds. The molecule has 0 radical (unpaired) electrons. The fourth-order valence-electron chi connectivity index (χ4n) is 2.44. The van der Waals surface area contributed by atoms with Gasteiger partial charge in [-0.15, -0.1) is 0 Å². The van der Waals surface area contributed by atoms with Gasteiger partial charge in [0.2, 0.25) is 0 Å². The number of aryl methyl sites for hydroxylation is 1. The molecule has 3 aromatic carbocycles. The van der Waals surface area contributed by atoms with Crippen LogP contribution < -0.4 is 20.2 Å². The number of thiocarbonyl (C=S) groups is 1. The average molecular weight is 426 g/mol. The minimum atomic E-state index is 0.393. The molecule has 29 heavy (non-hydrogen) atoms. The van der Waals surface area contributed by atoms with Crippen LogP contribution in [0.4, 0.5) is 5.69 Å². The van der Waals surface area contributed by atoms with E-state index in [1.807, 2.05) is 73.7 Å². The van der Waals surface area contributed by atoms with Gasteiger partial charge in [0.25, 0.3) is 0 Å². The minimum absolute atomic E-state index is 0.393. The van der Waals surface area contributed by atoms with Crippen LogP contribution in [0.15, 0.2) is 71.8 Å². The van der Waals surface area contributed by atoms with Gasteiger partial charge in [0, 0.05) is 10.7 Å². The van der Waals surface area contributed by atoms with E-state index in [9.17, 15) is 0 Å². The van der Waals surface area contributed by atoms with Gasteiger partial charge in [-0.25, -0.2) is 0 Å². The lowest BCUT2D eigenvalue weighted by atomic mass is 10.2. The highest BCUT2D eigenvalue weighted by Gasteiger charge is 2.01. The molecule has 7 heteroatoms. The van der Waals surface area contributed by atoms with Gasteiger partial charge in [0.05, 0.1) is 13.3 Å². The normalized spacial score (nSPS) is 10.6. The number of benzene rings is 3. The van der Waals surface area contributed by atoms with Crippen molar-refractivity contribution in [2.45, 2.75) is 6.92 Å². The Hall–Kier alpha value is -3.09. The van der Waals surface area contributed by atoms with E-state index in [0.29, 0.717) is 5.11 Å². The summed E-state index contributed by atoms with van der Waals surface area (Å²) in [5, 5.41) is 8.30. The Morgan fingerprint density at radius 2 is 1.62 bits per heavy atom. The molecule has 0 aliphatic heterocycles. The van der Waals surface area contributed by atoms with Gasteiger partial charge < -0.3 is 14.8 Å². The molecule has 0 spiro atoms. The molecular formula is C22H20ClN3O2S. The summed E-state index contributed by atoms with van der Waals surface area (Å²) in [6.45, 7) is 1.94. The smallest absolute Gasteiger partial charge is 0.191 e. The maximum atomic E-state index is 6.04. The predicted molar refractivity (Wildman–Crippen MR) is 123 cm³/mol. The van der Waals surface area contributed by atoms with Gasteiger partial charge >= 0.3 is 0 Å². The highest BCUT2D eigenvalue weighted by Crippen LogP contribution is 2.26. The summed E-state index contributed by atoms with van der Waals surface area (Å²) in [7, 11) is 1.63.